The number of hydrogen-bond donors (Lipinski definition) is 2. The number of alkyl halides is 6. The monoisotopic (exact) mass is 711 g/mol. The second kappa shape index (κ2) is 15.9. The van der Waals surface area contributed by atoms with E-state index in [1.807, 2.05) is 6.07 Å². The van der Waals surface area contributed by atoms with Crippen molar-refractivity contribution in [3.8, 4) is 0 Å². The Morgan fingerprint density at radius 3 is 1.94 bits per heavy atom. The molecule has 0 spiro atoms. The number of amides is 3. The molecule has 2 N–H and O–H groups in total. The molecule has 3 aromatic carbocycles. The smallest absolute Gasteiger partial charge is 0.416 e. The fraction of sp³-hybridized carbons (Fsp3) is 0.400. The molecule has 0 saturated carbocycles. The minimum atomic E-state index is -4.97. The number of rotatable bonds is 8. The average Bonchev–Trinajstić information content (AvgIpc) is 3.46. The fourth-order valence-corrected chi connectivity index (χ4v) is 5.54. The molecule has 2 aliphatic rings. The Labute approximate surface area is 283 Å². The van der Waals surface area contributed by atoms with Crippen molar-refractivity contribution in [1.82, 2.24) is 15.5 Å². The summed E-state index contributed by atoms with van der Waals surface area (Å²) in [5, 5.41) is 5.29. The standard InChI is InChI=1S/C29H31F6N3O5.C6H5F/c1-27(2,37-26(41)43-15-17-6-4-3-5-7-17)25(40)36-21-11-22-13-23(14-38(22)24(39)12-21)42-16-18-8-19(28(30,31)32)10-20(9-18)29(33,34)35;7-6-4-2-1-3-5-6/h3-10,21-23H,11-16H2,1-2H3,(H,36,40)(H,37,41);1-5H. The van der Waals surface area contributed by atoms with Crippen LogP contribution in [0.5, 0.6) is 0 Å². The van der Waals surface area contributed by atoms with Crippen LogP contribution in [0.3, 0.4) is 0 Å². The molecule has 2 saturated heterocycles. The molecule has 3 atom stereocenters. The molecule has 0 radical (unpaired) electrons. The van der Waals surface area contributed by atoms with E-state index in [9.17, 15) is 45.1 Å². The molecule has 2 heterocycles. The first-order valence-electron chi connectivity index (χ1n) is 15.6. The minimum Gasteiger partial charge on any atom is -0.445 e. The lowest BCUT2D eigenvalue weighted by molar-refractivity contribution is -0.143. The zero-order valence-corrected chi connectivity index (χ0v) is 27.1. The third-order valence-corrected chi connectivity index (χ3v) is 8.07. The van der Waals surface area contributed by atoms with E-state index in [-0.39, 0.29) is 55.4 Å². The molecule has 3 amide bonds. The van der Waals surface area contributed by atoms with Crippen molar-refractivity contribution >= 4 is 17.9 Å². The topological polar surface area (TPSA) is 97.0 Å². The highest BCUT2D eigenvalue weighted by Crippen LogP contribution is 2.37. The number of benzene rings is 3. The van der Waals surface area contributed by atoms with Gasteiger partial charge in [-0.2, -0.15) is 26.3 Å². The largest absolute Gasteiger partial charge is 0.445 e. The van der Waals surface area contributed by atoms with Gasteiger partial charge in [0.2, 0.25) is 11.8 Å². The van der Waals surface area contributed by atoms with Crippen LogP contribution in [0.15, 0.2) is 78.9 Å². The van der Waals surface area contributed by atoms with Gasteiger partial charge in [0.15, 0.2) is 0 Å². The number of fused-ring (bicyclic) bond motifs is 1. The molecule has 2 fully saturated rings. The first kappa shape index (κ1) is 38.1. The molecule has 0 bridgehead atoms. The van der Waals surface area contributed by atoms with Crippen molar-refractivity contribution < 1.29 is 54.6 Å². The molecular formula is C35H36F7N3O5. The molecule has 0 aromatic heterocycles. The van der Waals surface area contributed by atoms with Crippen LogP contribution in [-0.2, 0) is 44.6 Å². The summed E-state index contributed by atoms with van der Waals surface area (Å²) in [5.41, 5.74) is -3.75. The molecule has 3 aromatic rings. The van der Waals surface area contributed by atoms with Crippen LogP contribution in [0.1, 0.15) is 55.4 Å². The quantitative estimate of drug-likeness (QED) is 0.245. The Hall–Kier alpha value is -4.66. The van der Waals surface area contributed by atoms with E-state index in [0.29, 0.717) is 18.6 Å². The molecule has 2 aliphatic heterocycles. The van der Waals surface area contributed by atoms with Crippen LogP contribution in [0, 0.1) is 5.82 Å². The van der Waals surface area contributed by atoms with Crippen molar-refractivity contribution in [2.75, 3.05) is 6.54 Å². The zero-order chi connectivity index (χ0) is 36.7. The highest BCUT2D eigenvalue weighted by Gasteiger charge is 2.43. The predicted octanol–water partition coefficient (Wildman–Crippen LogP) is 7.02. The normalized spacial score (nSPS) is 19.2. The van der Waals surface area contributed by atoms with Gasteiger partial charge in [0, 0.05) is 25.0 Å². The number of hydrogen-bond acceptors (Lipinski definition) is 5. The molecular weight excluding hydrogens is 675 g/mol. The second-order valence-corrected chi connectivity index (χ2v) is 12.5. The summed E-state index contributed by atoms with van der Waals surface area (Å²) in [5.74, 6) is -0.993. The lowest BCUT2D eigenvalue weighted by Gasteiger charge is -2.36. The molecule has 270 valence electrons. The lowest BCUT2D eigenvalue weighted by atomic mass is 9.95. The van der Waals surface area contributed by atoms with Crippen LogP contribution < -0.4 is 10.6 Å². The van der Waals surface area contributed by atoms with E-state index in [1.54, 1.807) is 47.4 Å². The maximum absolute atomic E-state index is 13.2. The van der Waals surface area contributed by atoms with E-state index < -0.39 is 59.8 Å². The Kier molecular flexibility index (Phi) is 12.1. The van der Waals surface area contributed by atoms with Gasteiger partial charge in [-0.15, -0.1) is 0 Å². The van der Waals surface area contributed by atoms with Crippen LogP contribution in [-0.4, -0.2) is 53.1 Å². The third kappa shape index (κ3) is 10.9. The summed E-state index contributed by atoms with van der Waals surface area (Å²) in [6.07, 6.45) is -10.7. The van der Waals surface area contributed by atoms with E-state index in [1.165, 1.54) is 26.0 Å². The van der Waals surface area contributed by atoms with Crippen molar-refractivity contribution in [2.45, 2.75) is 82.4 Å². The molecule has 8 nitrogen and oxygen atoms in total. The first-order chi connectivity index (χ1) is 23.4. The van der Waals surface area contributed by atoms with Crippen molar-refractivity contribution in [1.29, 1.82) is 0 Å². The Morgan fingerprint density at radius 1 is 0.820 bits per heavy atom. The zero-order valence-electron chi connectivity index (χ0n) is 27.1. The molecule has 15 heteroatoms. The van der Waals surface area contributed by atoms with E-state index in [4.69, 9.17) is 9.47 Å². The summed E-state index contributed by atoms with van der Waals surface area (Å²) < 4.78 is 102. The van der Waals surface area contributed by atoms with Gasteiger partial charge in [0.05, 0.1) is 23.8 Å². The summed E-state index contributed by atoms with van der Waals surface area (Å²) >= 11 is 0. The van der Waals surface area contributed by atoms with E-state index in [0.717, 1.165) is 5.56 Å². The number of nitrogens with one attached hydrogen (secondary N) is 2. The van der Waals surface area contributed by atoms with Crippen molar-refractivity contribution in [2.24, 2.45) is 0 Å². The lowest BCUT2D eigenvalue weighted by Crippen LogP contribution is -2.59. The average molecular weight is 712 g/mol. The number of carbonyl (C=O) groups excluding carboxylic acids is 3. The van der Waals surface area contributed by atoms with Crippen LogP contribution in [0.2, 0.25) is 0 Å². The first-order valence-corrected chi connectivity index (χ1v) is 15.6. The van der Waals surface area contributed by atoms with Gasteiger partial charge >= 0.3 is 18.4 Å². The van der Waals surface area contributed by atoms with Gasteiger partial charge in [-0.25, -0.2) is 9.18 Å². The SMILES string of the molecule is CC(C)(NC(=O)OCc1ccccc1)C(=O)NC1CC(=O)N2CC(OCc3cc(C(F)(F)F)cc(C(F)(F)F)c3)CC2C1.Fc1ccccc1. The number of halogens is 7. The number of alkyl carbamates (subject to hydrolysis) is 1. The van der Waals surface area contributed by atoms with Gasteiger partial charge in [-0.05, 0) is 68.1 Å². The maximum Gasteiger partial charge on any atom is 0.416 e. The summed E-state index contributed by atoms with van der Waals surface area (Å²) in [6, 6.07) is 17.3. The molecule has 5 rings (SSSR count). The number of nitrogens with zero attached hydrogens (tertiary/aromatic N) is 1. The summed E-state index contributed by atoms with van der Waals surface area (Å²) in [7, 11) is 0. The Balaban J connectivity index is 0.000000714. The van der Waals surface area contributed by atoms with Crippen LogP contribution >= 0.6 is 0 Å². The molecule has 0 aliphatic carbocycles. The second-order valence-electron chi connectivity index (χ2n) is 12.5. The Morgan fingerprint density at radius 2 is 1.40 bits per heavy atom. The van der Waals surface area contributed by atoms with Gasteiger partial charge in [-0.1, -0.05) is 48.5 Å². The van der Waals surface area contributed by atoms with Gasteiger partial charge in [0.25, 0.3) is 0 Å². The number of piperidine rings is 1. The van der Waals surface area contributed by atoms with Crippen molar-refractivity contribution in [3.63, 3.8) is 0 Å². The fourth-order valence-electron chi connectivity index (χ4n) is 5.54. The highest BCUT2D eigenvalue weighted by molar-refractivity contribution is 5.90. The number of carbonyl (C=O) groups is 3. The van der Waals surface area contributed by atoms with Gasteiger partial charge in [-0.3, -0.25) is 9.59 Å². The predicted molar refractivity (Wildman–Crippen MR) is 167 cm³/mol. The Bertz CT molecular complexity index is 1590. The van der Waals surface area contributed by atoms with Crippen molar-refractivity contribution in [3.05, 3.63) is 107 Å². The molecule has 50 heavy (non-hydrogen) atoms. The van der Waals surface area contributed by atoms with E-state index in [2.05, 4.69) is 10.6 Å². The van der Waals surface area contributed by atoms with Gasteiger partial charge in [0.1, 0.15) is 18.0 Å². The van der Waals surface area contributed by atoms with Crippen LogP contribution in [0.4, 0.5) is 35.5 Å². The highest BCUT2D eigenvalue weighted by atomic mass is 19.4. The number of ether oxygens (including phenoxy) is 2. The summed E-state index contributed by atoms with van der Waals surface area (Å²) in [6.45, 7) is 2.60. The maximum atomic E-state index is 13.2. The minimum absolute atomic E-state index is 0.0134. The van der Waals surface area contributed by atoms with Crippen LogP contribution in [0.25, 0.3) is 0 Å². The third-order valence-electron chi connectivity index (χ3n) is 8.07. The van der Waals surface area contributed by atoms with Gasteiger partial charge < -0.3 is 25.0 Å². The molecule has 3 unspecified atom stereocenters. The summed E-state index contributed by atoms with van der Waals surface area (Å²) in [4.78, 5) is 39.6. The van der Waals surface area contributed by atoms with E-state index >= 15 is 0 Å².